The van der Waals surface area contributed by atoms with Crippen LogP contribution in [0.4, 0.5) is 11.5 Å². The Hall–Kier alpha value is -3.45. The van der Waals surface area contributed by atoms with E-state index in [9.17, 15) is 8.42 Å². The summed E-state index contributed by atoms with van der Waals surface area (Å²) in [6.45, 7) is 2.04. The molecule has 0 aliphatic rings. The van der Waals surface area contributed by atoms with E-state index in [1.807, 2.05) is 73.7 Å². The number of hydrogen-bond donors (Lipinski definition) is 2. The van der Waals surface area contributed by atoms with Crippen LogP contribution in [0.15, 0.2) is 78.9 Å². The van der Waals surface area contributed by atoms with Gasteiger partial charge in [0.2, 0.25) is 10.0 Å². The van der Waals surface area contributed by atoms with Crippen molar-refractivity contribution >= 4 is 32.4 Å². The lowest BCUT2D eigenvalue weighted by molar-refractivity contribution is 0.607. The molecule has 0 saturated carbocycles. The summed E-state index contributed by atoms with van der Waals surface area (Å²) in [4.78, 5) is 9.50. The molecule has 7 heteroatoms. The molecule has 0 saturated heterocycles. The minimum atomic E-state index is -3.30. The number of benzene rings is 3. The van der Waals surface area contributed by atoms with Gasteiger partial charge in [-0.3, -0.25) is 4.72 Å². The van der Waals surface area contributed by atoms with E-state index in [2.05, 4.69) is 10.0 Å². The van der Waals surface area contributed by atoms with Crippen molar-refractivity contribution in [2.75, 3.05) is 16.3 Å². The van der Waals surface area contributed by atoms with Crippen molar-refractivity contribution in [2.45, 2.75) is 13.0 Å². The van der Waals surface area contributed by atoms with E-state index in [0.717, 1.165) is 34.1 Å². The molecule has 4 aromatic rings. The number of nitrogens with one attached hydrogen (secondary N) is 2. The van der Waals surface area contributed by atoms with Crippen molar-refractivity contribution in [3.63, 3.8) is 0 Å². The number of sulfonamides is 1. The van der Waals surface area contributed by atoms with E-state index in [0.29, 0.717) is 11.5 Å². The number of nitrogens with zero attached hydrogens (tertiary/aromatic N) is 2. The Balaban J connectivity index is 1.66. The second-order valence-corrected chi connectivity index (χ2v) is 8.89. The van der Waals surface area contributed by atoms with Crippen molar-refractivity contribution in [2.24, 2.45) is 0 Å². The van der Waals surface area contributed by atoms with Crippen molar-refractivity contribution in [1.29, 1.82) is 0 Å². The van der Waals surface area contributed by atoms with Crippen LogP contribution in [-0.2, 0) is 10.0 Å². The minimum Gasteiger partial charge on any atom is -0.363 e. The van der Waals surface area contributed by atoms with Gasteiger partial charge < -0.3 is 5.32 Å². The molecule has 1 heterocycles. The second-order valence-electron chi connectivity index (χ2n) is 7.14. The zero-order chi connectivity index (χ0) is 21.1. The number of rotatable bonds is 6. The third kappa shape index (κ3) is 4.58. The molecule has 0 bridgehead atoms. The predicted octanol–water partition coefficient (Wildman–Crippen LogP) is 4.84. The van der Waals surface area contributed by atoms with Gasteiger partial charge in [0.15, 0.2) is 5.82 Å². The highest BCUT2D eigenvalue weighted by Gasteiger charge is 2.13. The Kier molecular flexibility index (Phi) is 5.37. The number of fused-ring (bicyclic) bond motifs is 1. The van der Waals surface area contributed by atoms with Gasteiger partial charge in [-0.15, -0.1) is 0 Å². The fourth-order valence-electron chi connectivity index (χ4n) is 3.25. The minimum absolute atomic E-state index is 0.0424. The molecule has 0 spiro atoms. The standard InChI is InChI=1S/C23H22N4O2S/c1-16(17-12-14-19(15-13-17)27-30(2,28)29)24-23-20-10-6-7-11-21(20)25-22(26-23)18-8-4-3-5-9-18/h3-16,27H,1-2H3,(H,24,25,26)/t16-/m1/s1. The molecular weight excluding hydrogens is 396 g/mol. The van der Waals surface area contributed by atoms with Gasteiger partial charge in [-0.2, -0.15) is 0 Å². The first-order valence-electron chi connectivity index (χ1n) is 9.55. The smallest absolute Gasteiger partial charge is 0.229 e. The van der Waals surface area contributed by atoms with Gasteiger partial charge in [0.1, 0.15) is 5.82 Å². The summed E-state index contributed by atoms with van der Waals surface area (Å²) in [5, 5.41) is 4.43. The molecular formula is C23H22N4O2S. The van der Waals surface area contributed by atoms with Crippen LogP contribution in [0.25, 0.3) is 22.3 Å². The van der Waals surface area contributed by atoms with E-state index in [1.165, 1.54) is 0 Å². The van der Waals surface area contributed by atoms with E-state index in [-0.39, 0.29) is 6.04 Å². The molecule has 0 aliphatic heterocycles. The lowest BCUT2D eigenvalue weighted by atomic mass is 10.1. The molecule has 0 amide bonds. The molecule has 152 valence electrons. The first-order chi connectivity index (χ1) is 14.4. The van der Waals surface area contributed by atoms with Crippen LogP contribution in [-0.4, -0.2) is 24.6 Å². The van der Waals surface area contributed by atoms with Gasteiger partial charge in [-0.1, -0.05) is 54.6 Å². The maximum absolute atomic E-state index is 11.4. The predicted molar refractivity (Wildman–Crippen MR) is 122 cm³/mol. The van der Waals surface area contributed by atoms with Gasteiger partial charge in [-0.05, 0) is 36.8 Å². The third-order valence-electron chi connectivity index (χ3n) is 4.70. The Morgan fingerprint density at radius 2 is 1.50 bits per heavy atom. The van der Waals surface area contributed by atoms with Crippen molar-refractivity contribution in [3.05, 3.63) is 84.4 Å². The van der Waals surface area contributed by atoms with Gasteiger partial charge in [-0.25, -0.2) is 18.4 Å². The topological polar surface area (TPSA) is 84.0 Å². The van der Waals surface area contributed by atoms with Crippen LogP contribution in [0.1, 0.15) is 18.5 Å². The molecule has 0 radical (unpaired) electrons. The molecule has 6 nitrogen and oxygen atoms in total. The summed E-state index contributed by atoms with van der Waals surface area (Å²) >= 11 is 0. The zero-order valence-electron chi connectivity index (χ0n) is 16.7. The summed E-state index contributed by atoms with van der Waals surface area (Å²) in [5.41, 5.74) is 3.37. The van der Waals surface area contributed by atoms with Gasteiger partial charge in [0.25, 0.3) is 0 Å². The summed E-state index contributed by atoms with van der Waals surface area (Å²) in [7, 11) is -3.30. The monoisotopic (exact) mass is 418 g/mol. The van der Waals surface area contributed by atoms with E-state index >= 15 is 0 Å². The quantitative estimate of drug-likeness (QED) is 0.468. The highest BCUT2D eigenvalue weighted by Crippen LogP contribution is 2.28. The second kappa shape index (κ2) is 8.12. The van der Waals surface area contributed by atoms with Gasteiger partial charge in [0.05, 0.1) is 11.8 Å². The van der Waals surface area contributed by atoms with Crippen LogP contribution in [0.2, 0.25) is 0 Å². The Labute approximate surface area is 176 Å². The molecule has 1 atom stereocenters. The molecule has 3 aromatic carbocycles. The number of para-hydroxylation sites is 1. The van der Waals surface area contributed by atoms with E-state index < -0.39 is 10.0 Å². The molecule has 2 N–H and O–H groups in total. The molecule has 0 aliphatic carbocycles. The molecule has 1 aromatic heterocycles. The third-order valence-corrected chi connectivity index (χ3v) is 5.31. The highest BCUT2D eigenvalue weighted by molar-refractivity contribution is 7.92. The summed E-state index contributed by atoms with van der Waals surface area (Å²) in [5.74, 6) is 1.42. The van der Waals surface area contributed by atoms with Crippen LogP contribution >= 0.6 is 0 Å². The van der Waals surface area contributed by atoms with Crippen LogP contribution in [0.5, 0.6) is 0 Å². The molecule has 30 heavy (non-hydrogen) atoms. The summed E-state index contributed by atoms with van der Waals surface area (Å²) in [6.07, 6.45) is 1.13. The van der Waals surface area contributed by atoms with Crippen molar-refractivity contribution in [1.82, 2.24) is 9.97 Å². The first kappa shape index (κ1) is 19.8. The summed E-state index contributed by atoms with van der Waals surface area (Å²) in [6, 6.07) is 25.0. The van der Waals surface area contributed by atoms with E-state index in [4.69, 9.17) is 9.97 Å². The number of hydrogen-bond acceptors (Lipinski definition) is 5. The van der Waals surface area contributed by atoms with Crippen molar-refractivity contribution < 1.29 is 8.42 Å². The molecule has 4 rings (SSSR count). The molecule has 0 unspecified atom stereocenters. The first-order valence-corrected chi connectivity index (χ1v) is 11.4. The fourth-order valence-corrected chi connectivity index (χ4v) is 3.81. The Morgan fingerprint density at radius 1 is 0.833 bits per heavy atom. The Morgan fingerprint density at radius 3 is 2.20 bits per heavy atom. The lowest BCUT2D eigenvalue weighted by Gasteiger charge is -2.18. The van der Waals surface area contributed by atoms with Crippen LogP contribution in [0.3, 0.4) is 0 Å². The molecule has 0 fully saturated rings. The zero-order valence-corrected chi connectivity index (χ0v) is 17.5. The van der Waals surface area contributed by atoms with Crippen molar-refractivity contribution in [3.8, 4) is 11.4 Å². The average Bonchev–Trinajstić information content (AvgIpc) is 2.73. The largest absolute Gasteiger partial charge is 0.363 e. The normalized spacial score (nSPS) is 12.5. The maximum atomic E-state index is 11.4. The average molecular weight is 419 g/mol. The lowest BCUT2D eigenvalue weighted by Crippen LogP contribution is -2.11. The van der Waals surface area contributed by atoms with Crippen LogP contribution < -0.4 is 10.0 Å². The van der Waals surface area contributed by atoms with Gasteiger partial charge in [0, 0.05) is 22.7 Å². The summed E-state index contributed by atoms with van der Waals surface area (Å²) < 4.78 is 25.3. The fraction of sp³-hybridized carbons (Fsp3) is 0.130. The maximum Gasteiger partial charge on any atom is 0.229 e. The number of anilines is 2. The highest BCUT2D eigenvalue weighted by atomic mass is 32.2. The van der Waals surface area contributed by atoms with Gasteiger partial charge >= 0.3 is 0 Å². The van der Waals surface area contributed by atoms with Crippen LogP contribution in [0, 0.1) is 0 Å². The SMILES string of the molecule is C[C@@H](Nc1nc(-c2ccccc2)nc2ccccc12)c1ccc(NS(C)(=O)=O)cc1. The Bertz CT molecular complexity index is 1270. The van der Waals surface area contributed by atoms with E-state index in [1.54, 1.807) is 12.1 Å². The number of aromatic nitrogens is 2.